The smallest absolute Gasteiger partial charge is 0.137 e. The lowest BCUT2D eigenvalue weighted by atomic mass is 10.0. The minimum atomic E-state index is 0.0701. The molecule has 2 aromatic heterocycles. The van der Waals surface area contributed by atoms with E-state index < -0.39 is 0 Å². The number of aromatic nitrogens is 3. The number of rotatable bonds is 7. The minimum absolute atomic E-state index is 0.0701. The molecule has 1 unspecified atom stereocenters. The normalized spacial score (nSPS) is 12.4. The van der Waals surface area contributed by atoms with E-state index in [2.05, 4.69) is 35.3 Å². The molecule has 1 atom stereocenters. The van der Waals surface area contributed by atoms with Crippen molar-refractivity contribution < 1.29 is 4.74 Å². The summed E-state index contributed by atoms with van der Waals surface area (Å²) in [6.45, 7) is 7.71. The highest BCUT2D eigenvalue weighted by Gasteiger charge is 2.18. The number of nitrogens with zero attached hydrogens (tertiary/aromatic N) is 3. The minimum Gasteiger partial charge on any atom is -0.492 e. The summed E-state index contributed by atoms with van der Waals surface area (Å²) < 4.78 is 7.50. The van der Waals surface area contributed by atoms with Gasteiger partial charge in [0.2, 0.25) is 0 Å². The lowest BCUT2D eigenvalue weighted by Crippen LogP contribution is -2.24. The third kappa shape index (κ3) is 3.61. The maximum absolute atomic E-state index is 5.55. The van der Waals surface area contributed by atoms with Crippen LogP contribution in [0, 0.1) is 0 Å². The van der Waals surface area contributed by atoms with Crippen molar-refractivity contribution in [1.82, 2.24) is 20.1 Å². The number of ether oxygens (including phenoxy) is 1. The summed E-state index contributed by atoms with van der Waals surface area (Å²) in [7, 11) is 1.98. The van der Waals surface area contributed by atoms with Crippen molar-refractivity contribution in [3.05, 3.63) is 41.5 Å². The lowest BCUT2D eigenvalue weighted by Gasteiger charge is -2.19. The predicted octanol–water partition coefficient (Wildman–Crippen LogP) is 2.48. The molecule has 1 N–H and O–H groups in total. The highest BCUT2D eigenvalue weighted by atomic mass is 16.5. The molecule has 0 bridgehead atoms. The predicted molar refractivity (Wildman–Crippen MR) is 83.5 cm³/mol. The standard InChI is InChI=1S/C16H24N4O/c1-5-13-9-15(20(4)19-13)16(18-6-2)12-8-14(21-7-3)11-17-10-12/h8-11,16,18H,5-7H2,1-4H3. The van der Waals surface area contributed by atoms with Gasteiger partial charge in [0.05, 0.1) is 30.2 Å². The second kappa shape index (κ2) is 7.22. The molecular formula is C16H24N4O. The maximum atomic E-state index is 5.55. The summed E-state index contributed by atoms with van der Waals surface area (Å²) in [5, 5.41) is 8.05. The number of nitrogens with one attached hydrogen (secondary N) is 1. The molecule has 2 aromatic rings. The van der Waals surface area contributed by atoms with E-state index in [0.29, 0.717) is 6.61 Å². The van der Waals surface area contributed by atoms with Crippen LogP contribution in [-0.2, 0) is 13.5 Å². The Bertz CT molecular complexity index is 579. The Labute approximate surface area is 126 Å². The van der Waals surface area contributed by atoms with E-state index in [4.69, 9.17) is 4.74 Å². The molecule has 0 aromatic carbocycles. The third-order valence-electron chi connectivity index (χ3n) is 3.41. The van der Waals surface area contributed by atoms with E-state index in [1.54, 1.807) is 6.20 Å². The molecule has 2 rings (SSSR count). The molecule has 21 heavy (non-hydrogen) atoms. The van der Waals surface area contributed by atoms with Crippen molar-refractivity contribution in [3.63, 3.8) is 0 Å². The highest BCUT2D eigenvalue weighted by Crippen LogP contribution is 2.24. The van der Waals surface area contributed by atoms with Crippen LogP contribution in [0.25, 0.3) is 0 Å². The van der Waals surface area contributed by atoms with Crippen LogP contribution in [0.1, 0.15) is 43.8 Å². The largest absolute Gasteiger partial charge is 0.492 e. The molecule has 0 amide bonds. The fourth-order valence-electron chi connectivity index (χ4n) is 2.42. The summed E-state index contributed by atoms with van der Waals surface area (Å²) >= 11 is 0. The van der Waals surface area contributed by atoms with Crippen LogP contribution in [0.3, 0.4) is 0 Å². The van der Waals surface area contributed by atoms with Crippen molar-refractivity contribution in [2.24, 2.45) is 7.05 Å². The molecule has 0 aliphatic carbocycles. The monoisotopic (exact) mass is 288 g/mol. The van der Waals surface area contributed by atoms with Gasteiger partial charge in [-0.15, -0.1) is 0 Å². The van der Waals surface area contributed by atoms with Crippen LogP contribution in [0.2, 0.25) is 0 Å². The van der Waals surface area contributed by atoms with Crippen LogP contribution in [-0.4, -0.2) is 27.9 Å². The fourth-order valence-corrected chi connectivity index (χ4v) is 2.42. The van der Waals surface area contributed by atoms with Gasteiger partial charge < -0.3 is 10.1 Å². The van der Waals surface area contributed by atoms with Gasteiger partial charge in [-0.3, -0.25) is 9.67 Å². The summed E-state index contributed by atoms with van der Waals surface area (Å²) in [4.78, 5) is 4.29. The first-order valence-electron chi connectivity index (χ1n) is 7.53. The third-order valence-corrected chi connectivity index (χ3v) is 3.41. The van der Waals surface area contributed by atoms with Crippen molar-refractivity contribution in [3.8, 4) is 5.75 Å². The molecule has 114 valence electrons. The molecule has 0 fully saturated rings. The SMILES string of the molecule is CCNC(c1cncc(OCC)c1)c1cc(CC)nn1C. The average molecular weight is 288 g/mol. The maximum Gasteiger partial charge on any atom is 0.137 e. The van der Waals surface area contributed by atoms with E-state index >= 15 is 0 Å². The zero-order chi connectivity index (χ0) is 15.2. The molecule has 5 nitrogen and oxygen atoms in total. The summed E-state index contributed by atoms with van der Waals surface area (Å²) in [5.41, 5.74) is 3.34. The Morgan fingerprint density at radius 2 is 2.05 bits per heavy atom. The van der Waals surface area contributed by atoms with Gasteiger partial charge in [-0.05, 0) is 37.6 Å². The lowest BCUT2D eigenvalue weighted by molar-refractivity contribution is 0.338. The van der Waals surface area contributed by atoms with E-state index in [0.717, 1.165) is 35.7 Å². The van der Waals surface area contributed by atoms with Crippen molar-refractivity contribution in [2.45, 2.75) is 33.2 Å². The Kier molecular flexibility index (Phi) is 5.33. The summed E-state index contributed by atoms with van der Waals surface area (Å²) in [6, 6.07) is 4.27. The van der Waals surface area contributed by atoms with Gasteiger partial charge >= 0.3 is 0 Å². The van der Waals surface area contributed by atoms with Crippen molar-refractivity contribution in [2.75, 3.05) is 13.2 Å². The second-order valence-electron chi connectivity index (χ2n) is 4.92. The van der Waals surface area contributed by atoms with Gasteiger partial charge in [0, 0.05) is 13.2 Å². The molecule has 0 aliphatic heterocycles. The van der Waals surface area contributed by atoms with Crippen LogP contribution in [0.5, 0.6) is 5.75 Å². The van der Waals surface area contributed by atoms with E-state index in [1.165, 1.54) is 0 Å². The first kappa shape index (κ1) is 15.5. The number of hydrogen-bond donors (Lipinski definition) is 1. The van der Waals surface area contributed by atoms with Gasteiger partial charge in [0.15, 0.2) is 0 Å². The Morgan fingerprint density at radius 3 is 2.67 bits per heavy atom. The number of aryl methyl sites for hydroxylation is 2. The van der Waals surface area contributed by atoms with Gasteiger partial charge in [0.25, 0.3) is 0 Å². The second-order valence-corrected chi connectivity index (χ2v) is 4.92. The van der Waals surface area contributed by atoms with Crippen LogP contribution < -0.4 is 10.1 Å². The van der Waals surface area contributed by atoms with Gasteiger partial charge in [-0.1, -0.05) is 13.8 Å². The molecule has 0 saturated heterocycles. The molecule has 0 radical (unpaired) electrons. The van der Waals surface area contributed by atoms with E-state index in [-0.39, 0.29) is 6.04 Å². The Hall–Kier alpha value is -1.88. The molecular weight excluding hydrogens is 264 g/mol. The van der Waals surface area contributed by atoms with E-state index in [1.807, 2.05) is 30.9 Å². The molecule has 5 heteroatoms. The van der Waals surface area contributed by atoms with Crippen molar-refractivity contribution >= 4 is 0 Å². The molecule has 0 saturated carbocycles. The van der Waals surface area contributed by atoms with Crippen LogP contribution >= 0.6 is 0 Å². The average Bonchev–Trinajstić information content (AvgIpc) is 2.86. The van der Waals surface area contributed by atoms with Gasteiger partial charge in [-0.25, -0.2) is 0 Å². The van der Waals surface area contributed by atoms with Crippen molar-refractivity contribution in [1.29, 1.82) is 0 Å². The Balaban J connectivity index is 2.37. The Morgan fingerprint density at radius 1 is 1.24 bits per heavy atom. The van der Waals surface area contributed by atoms with Gasteiger partial charge in [-0.2, -0.15) is 5.10 Å². The molecule has 0 spiro atoms. The topological polar surface area (TPSA) is 52.0 Å². The summed E-state index contributed by atoms with van der Waals surface area (Å²) in [6.07, 6.45) is 4.56. The van der Waals surface area contributed by atoms with E-state index in [9.17, 15) is 0 Å². The summed E-state index contributed by atoms with van der Waals surface area (Å²) in [5.74, 6) is 0.802. The zero-order valence-corrected chi connectivity index (χ0v) is 13.3. The number of pyridine rings is 1. The highest BCUT2D eigenvalue weighted by molar-refractivity contribution is 5.32. The first-order chi connectivity index (χ1) is 10.2. The van der Waals surface area contributed by atoms with Crippen LogP contribution in [0.4, 0.5) is 0 Å². The first-order valence-corrected chi connectivity index (χ1v) is 7.53. The zero-order valence-electron chi connectivity index (χ0n) is 13.3. The fraction of sp³-hybridized carbons (Fsp3) is 0.500. The van der Waals surface area contributed by atoms with Crippen LogP contribution in [0.15, 0.2) is 24.5 Å². The molecule has 0 aliphatic rings. The molecule has 2 heterocycles. The number of hydrogen-bond acceptors (Lipinski definition) is 4. The quantitative estimate of drug-likeness (QED) is 0.850. The van der Waals surface area contributed by atoms with Gasteiger partial charge in [0.1, 0.15) is 5.75 Å².